The van der Waals surface area contributed by atoms with Gasteiger partial charge < -0.3 is 4.74 Å². The molecule has 1 unspecified atom stereocenters. The van der Waals surface area contributed by atoms with Crippen LogP contribution in [0.4, 0.5) is 0 Å². The van der Waals surface area contributed by atoms with Gasteiger partial charge in [0.2, 0.25) is 9.05 Å². The maximum atomic E-state index is 10.8. The summed E-state index contributed by atoms with van der Waals surface area (Å²) in [6.07, 6.45) is 1.36. The lowest BCUT2D eigenvalue weighted by Gasteiger charge is -2.11. The number of rotatable bonds is 8. The Morgan fingerprint density at radius 1 is 1.26 bits per heavy atom. The van der Waals surface area contributed by atoms with Crippen LogP contribution in [-0.4, -0.2) is 20.8 Å². The van der Waals surface area contributed by atoms with E-state index < -0.39 is 9.05 Å². The van der Waals surface area contributed by atoms with Crippen molar-refractivity contribution in [3.05, 3.63) is 34.9 Å². The Morgan fingerprint density at radius 3 is 2.58 bits per heavy atom. The van der Waals surface area contributed by atoms with Crippen molar-refractivity contribution in [2.24, 2.45) is 5.92 Å². The predicted molar refractivity (Wildman–Crippen MR) is 79.1 cm³/mol. The van der Waals surface area contributed by atoms with E-state index in [1.165, 1.54) is 0 Å². The third-order valence-corrected chi connectivity index (χ3v) is 4.38. The Kier molecular flexibility index (Phi) is 7.15. The molecule has 0 saturated heterocycles. The molecule has 3 nitrogen and oxygen atoms in total. The van der Waals surface area contributed by atoms with Crippen LogP contribution in [0, 0.1) is 5.92 Å². The maximum Gasteiger partial charge on any atom is 0.232 e. The molecule has 0 saturated carbocycles. The Morgan fingerprint density at radius 2 is 1.95 bits per heavy atom. The molecule has 1 aromatic rings. The van der Waals surface area contributed by atoms with Crippen LogP contribution in [0.3, 0.4) is 0 Å². The molecule has 0 fully saturated rings. The Hall–Kier alpha value is -0.290. The van der Waals surface area contributed by atoms with Gasteiger partial charge >= 0.3 is 0 Å². The lowest BCUT2D eigenvalue weighted by molar-refractivity contribution is 0.109. The number of benzene rings is 1. The fourth-order valence-electron chi connectivity index (χ4n) is 1.57. The van der Waals surface area contributed by atoms with Gasteiger partial charge in [-0.1, -0.05) is 36.7 Å². The van der Waals surface area contributed by atoms with E-state index in [1.54, 1.807) is 0 Å². The monoisotopic (exact) mass is 324 g/mol. The van der Waals surface area contributed by atoms with Crippen molar-refractivity contribution in [1.82, 2.24) is 0 Å². The summed E-state index contributed by atoms with van der Waals surface area (Å²) < 4.78 is 27.2. The summed E-state index contributed by atoms with van der Waals surface area (Å²) in [5.74, 6) is 0.278. The van der Waals surface area contributed by atoms with E-state index in [0.717, 1.165) is 12.0 Å². The highest BCUT2D eigenvalue weighted by atomic mass is 35.7. The molecule has 1 rings (SSSR count). The van der Waals surface area contributed by atoms with Crippen LogP contribution in [0.1, 0.15) is 25.3 Å². The van der Waals surface area contributed by atoms with E-state index in [1.807, 2.05) is 31.2 Å². The summed E-state index contributed by atoms with van der Waals surface area (Å²) in [5.41, 5.74) is 0.958. The van der Waals surface area contributed by atoms with Crippen LogP contribution in [0.5, 0.6) is 0 Å². The second-order valence-corrected chi connectivity index (χ2v) is 7.87. The van der Waals surface area contributed by atoms with Crippen molar-refractivity contribution in [1.29, 1.82) is 0 Å². The number of hydrogen-bond acceptors (Lipinski definition) is 3. The highest BCUT2D eigenvalue weighted by molar-refractivity contribution is 8.13. The summed E-state index contributed by atoms with van der Waals surface area (Å²) >= 11 is 6.00. The molecule has 0 aliphatic heterocycles. The van der Waals surface area contributed by atoms with Gasteiger partial charge in [0.25, 0.3) is 0 Å². The molecule has 108 valence electrons. The lowest BCUT2D eigenvalue weighted by atomic mass is 10.1. The maximum absolute atomic E-state index is 10.8. The molecular formula is C13H18Cl2O3S. The zero-order chi connectivity index (χ0) is 14.3. The van der Waals surface area contributed by atoms with Crippen LogP contribution >= 0.6 is 22.3 Å². The average molecular weight is 325 g/mol. The molecule has 6 heteroatoms. The van der Waals surface area contributed by atoms with Crippen molar-refractivity contribution < 1.29 is 13.2 Å². The molecule has 0 aromatic heterocycles. The van der Waals surface area contributed by atoms with Crippen molar-refractivity contribution in [2.75, 3.05) is 12.4 Å². The zero-order valence-corrected chi connectivity index (χ0v) is 13.1. The van der Waals surface area contributed by atoms with E-state index in [0.29, 0.717) is 24.7 Å². The van der Waals surface area contributed by atoms with E-state index in [4.69, 9.17) is 27.0 Å². The third kappa shape index (κ3) is 7.78. The smallest absolute Gasteiger partial charge is 0.232 e. The highest BCUT2D eigenvalue weighted by Crippen LogP contribution is 2.16. The molecule has 0 N–H and O–H groups in total. The molecule has 0 bridgehead atoms. The van der Waals surface area contributed by atoms with Gasteiger partial charge in [-0.15, -0.1) is 0 Å². The first-order valence-electron chi connectivity index (χ1n) is 6.12. The van der Waals surface area contributed by atoms with Crippen molar-refractivity contribution in [3.63, 3.8) is 0 Å². The van der Waals surface area contributed by atoms with Crippen molar-refractivity contribution >= 4 is 31.3 Å². The van der Waals surface area contributed by atoms with Crippen LogP contribution in [0.15, 0.2) is 24.3 Å². The molecule has 0 amide bonds. The second kappa shape index (κ2) is 8.10. The van der Waals surface area contributed by atoms with Gasteiger partial charge in [-0.25, -0.2) is 8.42 Å². The molecular weight excluding hydrogens is 307 g/mol. The quantitative estimate of drug-likeness (QED) is 0.539. The molecule has 1 atom stereocenters. The zero-order valence-electron chi connectivity index (χ0n) is 10.8. The van der Waals surface area contributed by atoms with E-state index in [9.17, 15) is 8.42 Å². The predicted octanol–water partition coefficient (Wildman–Crippen LogP) is 3.84. The summed E-state index contributed by atoms with van der Waals surface area (Å²) in [6.45, 7) is 3.04. The number of ether oxygens (including phenoxy) is 1. The van der Waals surface area contributed by atoms with Gasteiger partial charge in [0.1, 0.15) is 0 Å². The summed E-state index contributed by atoms with van der Waals surface area (Å²) in [7, 11) is 1.78. The fourth-order valence-corrected chi connectivity index (χ4v) is 2.71. The minimum absolute atomic E-state index is 0.0141. The van der Waals surface area contributed by atoms with Crippen molar-refractivity contribution in [3.8, 4) is 0 Å². The third-order valence-electron chi connectivity index (χ3n) is 2.82. The number of hydrogen-bond donors (Lipinski definition) is 0. The lowest BCUT2D eigenvalue weighted by Crippen LogP contribution is -2.07. The topological polar surface area (TPSA) is 43.4 Å². The van der Waals surface area contributed by atoms with Crippen LogP contribution in [0.25, 0.3) is 0 Å². The normalized spacial score (nSPS) is 13.4. The first kappa shape index (κ1) is 16.8. The first-order chi connectivity index (χ1) is 8.88. The van der Waals surface area contributed by atoms with Crippen LogP contribution in [-0.2, 0) is 20.4 Å². The number of halogens is 2. The molecule has 0 radical (unpaired) electrons. The largest absolute Gasteiger partial charge is 0.377 e. The van der Waals surface area contributed by atoms with Crippen molar-refractivity contribution in [2.45, 2.75) is 26.4 Å². The first-order valence-corrected chi connectivity index (χ1v) is 8.97. The van der Waals surface area contributed by atoms with Gasteiger partial charge in [0, 0.05) is 22.3 Å². The molecule has 0 heterocycles. The molecule has 1 aromatic carbocycles. The second-order valence-electron chi connectivity index (χ2n) is 4.57. The molecule has 0 spiro atoms. The molecule has 0 aliphatic rings. The summed E-state index contributed by atoms with van der Waals surface area (Å²) in [4.78, 5) is 0. The van der Waals surface area contributed by atoms with E-state index in [-0.39, 0.29) is 11.7 Å². The Balaban J connectivity index is 2.19. The van der Waals surface area contributed by atoms with Gasteiger partial charge in [-0.05, 0) is 30.4 Å². The minimum atomic E-state index is -3.38. The SMILES string of the molecule is CC(CCOCc1ccccc1Cl)CCS(=O)(=O)Cl. The van der Waals surface area contributed by atoms with Gasteiger partial charge in [-0.2, -0.15) is 0 Å². The van der Waals surface area contributed by atoms with Crippen LogP contribution < -0.4 is 0 Å². The van der Waals surface area contributed by atoms with Gasteiger partial charge in [0.05, 0.1) is 12.4 Å². The minimum Gasteiger partial charge on any atom is -0.377 e. The Labute approximate surface area is 124 Å². The van der Waals surface area contributed by atoms with Crippen LogP contribution in [0.2, 0.25) is 5.02 Å². The van der Waals surface area contributed by atoms with E-state index >= 15 is 0 Å². The Bertz CT molecular complexity index is 488. The van der Waals surface area contributed by atoms with Gasteiger partial charge in [-0.3, -0.25) is 0 Å². The molecule has 19 heavy (non-hydrogen) atoms. The van der Waals surface area contributed by atoms with Gasteiger partial charge in [0.15, 0.2) is 0 Å². The fraction of sp³-hybridized carbons (Fsp3) is 0.538. The highest BCUT2D eigenvalue weighted by Gasteiger charge is 2.09. The summed E-state index contributed by atoms with van der Waals surface area (Å²) in [5, 5.41) is 0.698. The average Bonchev–Trinajstić information content (AvgIpc) is 2.33. The molecule has 0 aliphatic carbocycles. The summed E-state index contributed by atoms with van der Waals surface area (Å²) in [6, 6.07) is 7.54. The standard InChI is InChI=1S/C13H18Cl2O3S/c1-11(7-9-19(15,16)17)6-8-18-10-12-4-2-3-5-13(12)14/h2-5,11H,6-10H2,1H3. The van der Waals surface area contributed by atoms with E-state index in [2.05, 4.69) is 0 Å².